The maximum absolute atomic E-state index is 14.0. The van der Waals surface area contributed by atoms with Crippen molar-refractivity contribution < 1.29 is 28.8 Å². The second kappa shape index (κ2) is 13.0. The van der Waals surface area contributed by atoms with E-state index in [4.69, 9.17) is 9.07 Å². The van der Waals surface area contributed by atoms with Gasteiger partial charge in [-0.2, -0.15) is 0 Å². The van der Waals surface area contributed by atoms with Crippen LogP contribution < -0.4 is 10.2 Å². The number of fused-ring (bicyclic) bond motifs is 3. The highest BCUT2D eigenvalue weighted by Gasteiger charge is 2.57. The van der Waals surface area contributed by atoms with Crippen molar-refractivity contribution in [1.82, 2.24) is 0 Å². The Morgan fingerprint density at radius 1 is 1.00 bits per heavy atom. The highest BCUT2D eigenvalue weighted by atomic mass is 16.5. The molecule has 0 spiro atoms. The van der Waals surface area contributed by atoms with E-state index in [-0.39, 0.29) is 30.4 Å². The maximum atomic E-state index is 14.0. The van der Waals surface area contributed by atoms with Gasteiger partial charge < -0.3 is 24.5 Å². The van der Waals surface area contributed by atoms with Crippen LogP contribution in [0.5, 0.6) is 0 Å². The molecule has 2 fully saturated rings. The number of amides is 2. The zero-order valence-electron chi connectivity index (χ0n) is 25.2. The van der Waals surface area contributed by atoms with E-state index in [1.165, 1.54) is 10.5 Å². The summed E-state index contributed by atoms with van der Waals surface area (Å²) in [5, 5.41) is 23.5. The van der Waals surface area contributed by atoms with Crippen LogP contribution in [-0.4, -0.2) is 35.2 Å². The van der Waals surface area contributed by atoms with Crippen molar-refractivity contribution in [3.63, 3.8) is 0 Å². The van der Waals surface area contributed by atoms with Gasteiger partial charge in [-0.25, -0.2) is 0 Å². The quantitative estimate of drug-likeness (QED) is 0.140. The molecule has 1 aromatic heterocycles. The number of imide groups is 1. The van der Waals surface area contributed by atoms with Gasteiger partial charge in [-0.1, -0.05) is 42.7 Å². The Morgan fingerprint density at radius 3 is 2.45 bits per heavy atom. The molecule has 8 nitrogen and oxygen atoms in total. The molecule has 6 rings (SSSR count). The Balaban J connectivity index is 1.20. The summed E-state index contributed by atoms with van der Waals surface area (Å²) in [4.78, 5) is 29.1. The number of para-hydroxylation sites is 1. The molecule has 3 N–H and O–H groups in total. The lowest BCUT2D eigenvalue weighted by molar-refractivity contribution is -0.122. The molecule has 0 unspecified atom stereocenters. The van der Waals surface area contributed by atoms with Gasteiger partial charge in [0.05, 0.1) is 23.6 Å². The average molecular weight is 595 g/mol. The van der Waals surface area contributed by atoms with Gasteiger partial charge in [-0.3, -0.25) is 14.5 Å². The fourth-order valence-electron chi connectivity index (χ4n) is 7.22. The number of aliphatic hydroxyl groups excluding tert-OH is 1. The first-order valence-corrected chi connectivity index (χ1v) is 15.6. The van der Waals surface area contributed by atoms with Gasteiger partial charge in [0, 0.05) is 11.4 Å². The summed E-state index contributed by atoms with van der Waals surface area (Å²) in [6.07, 6.45) is 5.74. The molecular weight excluding hydrogens is 555 g/mol. The third-order valence-corrected chi connectivity index (χ3v) is 9.12. The lowest BCUT2D eigenvalue weighted by atomic mass is 9.58. The predicted molar refractivity (Wildman–Crippen MR) is 171 cm³/mol. The largest absolute Gasteiger partial charge is 0.459 e. The first-order valence-electron chi connectivity index (χ1n) is 15.6. The average Bonchev–Trinajstić information content (AvgIpc) is 3.58. The molecule has 44 heavy (non-hydrogen) atoms. The van der Waals surface area contributed by atoms with E-state index in [0.717, 1.165) is 41.8 Å². The molecular formula is C35H39BN2O6. The molecule has 2 aliphatic heterocycles. The third-order valence-electron chi connectivity index (χ3n) is 9.12. The summed E-state index contributed by atoms with van der Waals surface area (Å²) in [7, 11) is -1.00. The fraction of sp³-hybridized carbons (Fsp3) is 0.371. The number of furan rings is 1. The number of nitrogens with one attached hydrogen (secondary N) is 1. The second-order valence-corrected chi connectivity index (χ2v) is 12.1. The van der Waals surface area contributed by atoms with Crippen molar-refractivity contribution >= 4 is 42.1 Å². The number of carbonyl (C=O) groups excluding carboxylic acids is 2. The summed E-state index contributed by atoms with van der Waals surface area (Å²) in [5.41, 5.74) is 5.73. The Hall–Kier alpha value is -3.92. The number of allylic oxidation sites excluding steroid dienone is 2. The number of benzene rings is 2. The van der Waals surface area contributed by atoms with Gasteiger partial charge in [0.25, 0.3) is 0 Å². The van der Waals surface area contributed by atoms with Crippen LogP contribution in [0.15, 0.2) is 87.9 Å². The minimum Gasteiger partial charge on any atom is -0.459 e. The van der Waals surface area contributed by atoms with E-state index < -0.39 is 19.0 Å². The first-order chi connectivity index (χ1) is 21.4. The number of nitrogens with zero attached hydrogens (tertiary/aromatic N) is 1. The molecule has 2 saturated heterocycles. The summed E-state index contributed by atoms with van der Waals surface area (Å²) < 4.78 is 11.8. The monoisotopic (exact) mass is 594 g/mol. The highest BCUT2D eigenvalue weighted by molar-refractivity contribution is 6.43. The third kappa shape index (κ3) is 6.04. The Morgan fingerprint density at radius 2 is 1.75 bits per heavy atom. The molecule has 228 valence electrons. The smallest absolute Gasteiger partial charge is 0.455 e. The summed E-state index contributed by atoms with van der Waals surface area (Å²) in [6, 6.07) is 20.8. The van der Waals surface area contributed by atoms with Gasteiger partial charge in [0.1, 0.15) is 18.1 Å². The standard InChI is InChI=1S/C35H39BN2O6/c1-3-7-23(19-27-15-16-28(21-39)43-27)10-17-31-32-22(2)18-29-33(30(32)20-36(42)44-31)35(41)38(34(29)40)26-13-11-25(12-14-26)37-24-8-5-4-6-9-24/h4-6,8-9,11-16,19,29-31,33,37,39,42H,3,7,10,17-18,20-21H2,1-2H3/b23-19+/t29-,30+,31-,33-/m1/s1. The topological polar surface area (TPSA) is 112 Å². The number of anilines is 3. The van der Waals surface area contributed by atoms with Crippen molar-refractivity contribution in [3.8, 4) is 0 Å². The second-order valence-electron chi connectivity index (χ2n) is 12.1. The van der Waals surface area contributed by atoms with Gasteiger partial charge in [0.2, 0.25) is 11.8 Å². The van der Waals surface area contributed by atoms with Crippen molar-refractivity contribution in [2.24, 2.45) is 17.8 Å². The molecule has 3 aliphatic rings. The van der Waals surface area contributed by atoms with Crippen molar-refractivity contribution in [3.05, 3.63) is 95.0 Å². The molecule has 3 heterocycles. The van der Waals surface area contributed by atoms with E-state index in [2.05, 4.69) is 12.2 Å². The Kier molecular flexibility index (Phi) is 8.89. The fourth-order valence-corrected chi connectivity index (χ4v) is 7.22. The van der Waals surface area contributed by atoms with E-state index in [0.29, 0.717) is 36.4 Å². The van der Waals surface area contributed by atoms with Gasteiger partial charge in [0.15, 0.2) is 0 Å². The van der Waals surface area contributed by atoms with Crippen LogP contribution >= 0.6 is 0 Å². The molecule has 1 aliphatic carbocycles. The first kappa shape index (κ1) is 30.1. The molecule has 0 bridgehead atoms. The lowest BCUT2D eigenvalue weighted by Gasteiger charge is -2.42. The SMILES string of the molecule is CCC/C(=C\c1ccc(CO)o1)CC[C@H]1OB(O)C[C@H]2C1=C(C)C[C@H]1C(=O)N(c3ccc(Nc4ccccc4)cc3)C(=O)[C@H]12. The van der Waals surface area contributed by atoms with Crippen LogP contribution in [0.25, 0.3) is 6.08 Å². The van der Waals surface area contributed by atoms with E-state index in [1.54, 1.807) is 6.07 Å². The molecule has 0 saturated carbocycles. The number of hydrogen-bond donors (Lipinski definition) is 3. The van der Waals surface area contributed by atoms with Gasteiger partial charge in [-0.15, -0.1) is 0 Å². The highest BCUT2D eigenvalue weighted by Crippen LogP contribution is 2.51. The van der Waals surface area contributed by atoms with Crippen LogP contribution in [-0.2, 0) is 20.9 Å². The van der Waals surface area contributed by atoms with E-state index in [9.17, 15) is 19.7 Å². The zero-order valence-corrected chi connectivity index (χ0v) is 25.2. The maximum Gasteiger partial charge on any atom is 0.455 e. The van der Waals surface area contributed by atoms with Gasteiger partial charge in [-0.05, 0) is 105 Å². The Bertz CT molecular complexity index is 1560. The number of rotatable bonds is 10. The van der Waals surface area contributed by atoms with Gasteiger partial charge >= 0.3 is 7.12 Å². The Labute approximate surface area is 258 Å². The minimum absolute atomic E-state index is 0.142. The molecule has 3 aromatic rings. The summed E-state index contributed by atoms with van der Waals surface area (Å²) in [6.45, 7) is 4.03. The van der Waals surface area contributed by atoms with Crippen LogP contribution in [0.1, 0.15) is 57.5 Å². The molecule has 9 heteroatoms. The number of carbonyl (C=O) groups is 2. The molecule has 0 radical (unpaired) electrons. The summed E-state index contributed by atoms with van der Waals surface area (Å²) >= 11 is 0. The van der Waals surface area contributed by atoms with Crippen molar-refractivity contribution in [2.75, 3.05) is 10.2 Å². The van der Waals surface area contributed by atoms with E-state index >= 15 is 0 Å². The van der Waals surface area contributed by atoms with Crippen LogP contribution in [0.2, 0.25) is 6.32 Å². The number of aliphatic hydroxyl groups is 1. The minimum atomic E-state index is -1.00. The summed E-state index contributed by atoms with van der Waals surface area (Å²) in [5.74, 6) is -0.358. The predicted octanol–water partition coefficient (Wildman–Crippen LogP) is 6.50. The van der Waals surface area contributed by atoms with Crippen LogP contribution in [0, 0.1) is 17.8 Å². The lowest BCUT2D eigenvalue weighted by Crippen LogP contribution is -2.46. The van der Waals surface area contributed by atoms with E-state index in [1.807, 2.05) is 73.7 Å². The molecule has 2 aromatic carbocycles. The zero-order chi connectivity index (χ0) is 30.8. The van der Waals surface area contributed by atoms with Crippen molar-refractivity contribution in [1.29, 1.82) is 0 Å². The normalized spacial score (nSPS) is 23.7. The molecule has 2 amide bonds. The van der Waals surface area contributed by atoms with Crippen molar-refractivity contribution in [2.45, 2.75) is 65.0 Å². The number of hydrogen-bond acceptors (Lipinski definition) is 7. The van der Waals surface area contributed by atoms with Crippen LogP contribution in [0.4, 0.5) is 17.1 Å². The molecule has 4 atom stereocenters. The van der Waals surface area contributed by atoms with Crippen LogP contribution in [0.3, 0.4) is 0 Å².